The van der Waals surface area contributed by atoms with E-state index in [9.17, 15) is 0 Å². The van der Waals surface area contributed by atoms with Crippen molar-refractivity contribution in [1.29, 1.82) is 0 Å². The number of nitrogens with one attached hydrogen (secondary N) is 1. The highest BCUT2D eigenvalue weighted by Gasteiger charge is 2.17. The van der Waals surface area contributed by atoms with Gasteiger partial charge in [-0.05, 0) is 31.7 Å². The number of anilines is 1. The molecule has 1 atom stereocenters. The van der Waals surface area contributed by atoms with Gasteiger partial charge in [0.25, 0.3) is 0 Å². The van der Waals surface area contributed by atoms with E-state index in [1.807, 2.05) is 7.05 Å². The van der Waals surface area contributed by atoms with Gasteiger partial charge in [-0.1, -0.05) is 6.92 Å². The minimum Gasteiger partial charge on any atom is -0.474 e. The van der Waals surface area contributed by atoms with Gasteiger partial charge >= 0.3 is 0 Å². The Balaban J connectivity index is 1.82. The Labute approximate surface area is 128 Å². The minimum absolute atomic E-state index is 0.186. The average molecular weight is 307 g/mol. The van der Waals surface area contributed by atoms with Crippen LogP contribution in [0.3, 0.4) is 0 Å². The Kier molecular flexibility index (Phi) is 4.55. The number of nitrogens with zero attached hydrogens (tertiary/aromatic N) is 2. The molecule has 1 fully saturated rings. The van der Waals surface area contributed by atoms with E-state index in [4.69, 9.17) is 9.47 Å². The molecular weight excluding hydrogens is 286 g/mol. The second kappa shape index (κ2) is 6.58. The van der Waals surface area contributed by atoms with Crippen LogP contribution in [0, 0.1) is 0 Å². The summed E-state index contributed by atoms with van der Waals surface area (Å²) in [6, 6.07) is 2.14. The van der Waals surface area contributed by atoms with Crippen LogP contribution < -0.4 is 10.1 Å². The predicted octanol–water partition coefficient (Wildman–Crippen LogP) is 3.24. The lowest BCUT2D eigenvalue weighted by Crippen LogP contribution is -2.26. The molecule has 1 aliphatic heterocycles. The number of aromatic nitrogens is 2. The second-order valence-corrected chi connectivity index (χ2v) is 6.30. The monoisotopic (exact) mass is 307 g/mol. The van der Waals surface area contributed by atoms with Crippen molar-refractivity contribution in [2.45, 2.75) is 38.7 Å². The van der Waals surface area contributed by atoms with Crippen molar-refractivity contribution in [1.82, 2.24) is 9.97 Å². The number of thiophene rings is 1. The van der Waals surface area contributed by atoms with Crippen LogP contribution in [0.15, 0.2) is 6.07 Å². The molecule has 0 amide bonds. The molecule has 2 aromatic heterocycles. The van der Waals surface area contributed by atoms with E-state index in [1.165, 1.54) is 11.3 Å². The summed E-state index contributed by atoms with van der Waals surface area (Å²) < 4.78 is 11.7. The summed E-state index contributed by atoms with van der Waals surface area (Å²) in [5, 5.41) is 4.00. The Morgan fingerprint density at radius 3 is 3.05 bits per heavy atom. The van der Waals surface area contributed by atoms with Crippen molar-refractivity contribution >= 4 is 27.5 Å². The van der Waals surface area contributed by atoms with Gasteiger partial charge in [0.1, 0.15) is 11.4 Å². The Hall–Kier alpha value is -1.40. The third-order valence-corrected chi connectivity index (χ3v) is 4.83. The Bertz CT molecular complexity index is 608. The summed E-state index contributed by atoms with van der Waals surface area (Å²) in [6.45, 7) is 3.55. The molecule has 2 aromatic rings. The van der Waals surface area contributed by atoms with E-state index >= 15 is 0 Å². The smallest absolute Gasteiger partial charge is 0.227 e. The quantitative estimate of drug-likeness (QED) is 0.919. The third-order valence-electron chi connectivity index (χ3n) is 3.66. The zero-order valence-corrected chi connectivity index (χ0v) is 13.3. The maximum atomic E-state index is 5.95. The molecule has 0 radical (unpaired) electrons. The molecular formula is C15H21N3O2S. The number of ether oxygens (including phenoxy) is 2. The van der Waals surface area contributed by atoms with Crippen LogP contribution in [0.5, 0.6) is 5.88 Å². The molecule has 5 nitrogen and oxygen atoms in total. The standard InChI is InChI=1S/C15H21N3O2S/c1-3-11-8-12-13(17-15(16-2)18-14(12)21-11)20-9-10-6-4-5-7-19-10/h8,10H,3-7,9H2,1-2H3,(H,16,17,18). The van der Waals surface area contributed by atoms with E-state index in [1.54, 1.807) is 11.3 Å². The zero-order valence-electron chi connectivity index (χ0n) is 12.5. The summed E-state index contributed by atoms with van der Waals surface area (Å²) in [6.07, 6.45) is 4.62. The predicted molar refractivity (Wildman–Crippen MR) is 85.4 cm³/mol. The zero-order chi connectivity index (χ0) is 14.7. The highest BCUT2D eigenvalue weighted by molar-refractivity contribution is 7.18. The summed E-state index contributed by atoms with van der Waals surface area (Å²) in [4.78, 5) is 11.2. The van der Waals surface area contributed by atoms with Crippen LogP contribution in [-0.2, 0) is 11.2 Å². The molecule has 0 aromatic carbocycles. The molecule has 1 unspecified atom stereocenters. The van der Waals surface area contributed by atoms with E-state index < -0.39 is 0 Å². The maximum absolute atomic E-state index is 5.95. The van der Waals surface area contributed by atoms with Gasteiger partial charge in [-0.2, -0.15) is 4.98 Å². The van der Waals surface area contributed by atoms with E-state index in [-0.39, 0.29) is 6.10 Å². The molecule has 0 spiro atoms. The fourth-order valence-electron chi connectivity index (χ4n) is 2.45. The molecule has 114 valence electrons. The lowest BCUT2D eigenvalue weighted by Gasteiger charge is -2.22. The summed E-state index contributed by atoms with van der Waals surface area (Å²) in [7, 11) is 1.82. The van der Waals surface area contributed by atoms with E-state index in [2.05, 4.69) is 28.3 Å². The van der Waals surface area contributed by atoms with Crippen LogP contribution >= 0.6 is 11.3 Å². The summed E-state index contributed by atoms with van der Waals surface area (Å²) in [5.41, 5.74) is 0. The van der Waals surface area contributed by atoms with E-state index in [0.717, 1.165) is 36.1 Å². The molecule has 1 N–H and O–H groups in total. The van der Waals surface area contributed by atoms with Gasteiger partial charge < -0.3 is 14.8 Å². The summed E-state index contributed by atoms with van der Waals surface area (Å²) >= 11 is 1.70. The van der Waals surface area contributed by atoms with Crippen LogP contribution in [-0.4, -0.2) is 36.3 Å². The number of hydrogen-bond donors (Lipinski definition) is 1. The third kappa shape index (κ3) is 3.27. The maximum Gasteiger partial charge on any atom is 0.227 e. The van der Waals surface area contributed by atoms with Gasteiger partial charge in [-0.15, -0.1) is 11.3 Å². The van der Waals surface area contributed by atoms with Gasteiger partial charge in [0, 0.05) is 18.5 Å². The number of hydrogen-bond acceptors (Lipinski definition) is 6. The van der Waals surface area contributed by atoms with Gasteiger partial charge in [-0.25, -0.2) is 4.98 Å². The molecule has 0 saturated carbocycles. The largest absolute Gasteiger partial charge is 0.474 e. The fourth-order valence-corrected chi connectivity index (χ4v) is 3.41. The number of fused-ring (bicyclic) bond motifs is 1. The topological polar surface area (TPSA) is 56.3 Å². The van der Waals surface area contributed by atoms with Crippen LogP contribution in [0.4, 0.5) is 5.95 Å². The first-order valence-electron chi connectivity index (χ1n) is 7.52. The first-order chi connectivity index (χ1) is 10.3. The van der Waals surface area contributed by atoms with Crippen molar-refractivity contribution in [2.24, 2.45) is 0 Å². The van der Waals surface area contributed by atoms with E-state index in [0.29, 0.717) is 18.4 Å². The SMILES string of the molecule is CCc1cc2c(OCC3CCCCO3)nc(NC)nc2s1. The van der Waals surface area contributed by atoms with Crippen molar-refractivity contribution in [2.75, 3.05) is 25.6 Å². The van der Waals surface area contributed by atoms with Crippen LogP contribution in [0.2, 0.25) is 0 Å². The highest BCUT2D eigenvalue weighted by Crippen LogP contribution is 2.32. The first-order valence-corrected chi connectivity index (χ1v) is 8.34. The first kappa shape index (κ1) is 14.5. The minimum atomic E-state index is 0.186. The Morgan fingerprint density at radius 2 is 2.33 bits per heavy atom. The van der Waals surface area contributed by atoms with Crippen molar-refractivity contribution < 1.29 is 9.47 Å². The van der Waals surface area contributed by atoms with Crippen molar-refractivity contribution in [3.8, 4) is 5.88 Å². The summed E-state index contributed by atoms with van der Waals surface area (Å²) in [5.74, 6) is 1.26. The highest BCUT2D eigenvalue weighted by atomic mass is 32.1. The second-order valence-electron chi connectivity index (χ2n) is 5.19. The van der Waals surface area contributed by atoms with Crippen molar-refractivity contribution in [3.63, 3.8) is 0 Å². The van der Waals surface area contributed by atoms with Crippen LogP contribution in [0.25, 0.3) is 10.2 Å². The Morgan fingerprint density at radius 1 is 1.43 bits per heavy atom. The normalized spacial score (nSPS) is 18.9. The molecule has 1 aliphatic rings. The molecule has 1 saturated heterocycles. The average Bonchev–Trinajstić information content (AvgIpc) is 2.96. The van der Waals surface area contributed by atoms with Crippen LogP contribution in [0.1, 0.15) is 31.1 Å². The lowest BCUT2D eigenvalue weighted by molar-refractivity contribution is -0.0116. The molecule has 3 rings (SSSR count). The lowest BCUT2D eigenvalue weighted by atomic mass is 10.1. The number of aryl methyl sites for hydroxylation is 1. The van der Waals surface area contributed by atoms with Gasteiger partial charge in [0.05, 0.1) is 11.5 Å². The molecule has 0 aliphatic carbocycles. The molecule has 3 heterocycles. The molecule has 6 heteroatoms. The number of rotatable bonds is 5. The molecule has 21 heavy (non-hydrogen) atoms. The van der Waals surface area contributed by atoms with Gasteiger partial charge in [0.2, 0.25) is 11.8 Å². The molecule has 0 bridgehead atoms. The van der Waals surface area contributed by atoms with Gasteiger partial charge in [0.15, 0.2) is 0 Å². The van der Waals surface area contributed by atoms with Gasteiger partial charge in [-0.3, -0.25) is 0 Å². The fraction of sp³-hybridized carbons (Fsp3) is 0.600. The van der Waals surface area contributed by atoms with Crippen molar-refractivity contribution in [3.05, 3.63) is 10.9 Å².